The fourth-order valence-corrected chi connectivity index (χ4v) is 6.11. The van der Waals surface area contributed by atoms with Crippen molar-refractivity contribution >= 4 is 15.7 Å². The average Bonchev–Trinajstić information content (AvgIpc) is 3.53. The molecular weight excluding hydrogens is 490 g/mol. The van der Waals surface area contributed by atoms with Crippen LogP contribution in [-0.4, -0.2) is 162 Å². The van der Waals surface area contributed by atoms with Gasteiger partial charge in [0.05, 0.1) is 58.0 Å². The predicted octanol–water partition coefficient (Wildman–Crippen LogP) is -3.16. The van der Waals surface area contributed by atoms with Crippen LogP contribution < -0.4 is 0 Å². The summed E-state index contributed by atoms with van der Waals surface area (Å²) in [5.41, 5.74) is -2.33. The number of fused-ring (bicyclic) bond motifs is 6. The highest BCUT2D eigenvalue weighted by molar-refractivity contribution is 6.12. The Morgan fingerprint density at radius 3 is 2.03 bits per heavy atom. The first kappa shape index (κ1) is 29.6. The van der Waals surface area contributed by atoms with E-state index < -0.39 is 47.1 Å². The minimum Gasteiger partial charge on any atom is -0.393 e. The minimum absolute atomic E-state index is 0.00699. The molecule has 0 amide bonds. The summed E-state index contributed by atoms with van der Waals surface area (Å²) in [5.74, 6) is -0.203. The predicted molar refractivity (Wildman–Crippen MR) is 127 cm³/mol. The van der Waals surface area contributed by atoms with Crippen molar-refractivity contribution in [2.24, 2.45) is 5.92 Å². The Kier molecular flexibility index (Phi) is 9.02. The lowest BCUT2D eigenvalue weighted by Gasteiger charge is -2.34. The van der Waals surface area contributed by atoms with E-state index >= 15 is 0 Å². The van der Waals surface area contributed by atoms with Gasteiger partial charge in [-0.25, -0.2) is 0 Å². The van der Waals surface area contributed by atoms with Crippen LogP contribution >= 0.6 is 0 Å². The summed E-state index contributed by atoms with van der Waals surface area (Å²) in [6, 6.07) is -1.12. The van der Waals surface area contributed by atoms with Crippen molar-refractivity contribution in [3.63, 3.8) is 0 Å². The van der Waals surface area contributed by atoms with Crippen molar-refractivity contribution in [2.75, 3.05) is 53.9 Å². The van der Waals surface area contributed by atoms with E-state index in [0.29, 0.717) is 13.2 Å². The molecule has 4 radical (unpaired) electrons. The summed E-state index contributed by atoms with van der Waals surface area (Å²) in [7, 11) is 14.4. The Morgan fingerprint density at radius 2 is 1.54 bits per heavy atom. The van der Waals surface area contributed by atoms with Gasteiger partial charge in [0.1, 0.15) is 56.9 Å². The van der Waals surface area contributed by atoms with E-state index in [1.54, 1.807) is 14.2 Å². The van der Waals surface area contributed by atoms with Gasteiger partial charge in [0.2, 0.25) is 0 Å². The topological polar surface area (TPSA) is 155 Å². The van der Waals surface area contributed by atoms with E-state index in [4.69, 9.17) is 63.8 Å². The van der Waals surface area contributed by atoms with E-state index in [-0.39, 0.29) is 56.8 Å². The smallest absolute Gasteiger partial charge is 0.146 e. The molecule has 0 saturated carbocycles. The lowest BCUT2D eigenvalue weighted by atomic mass is 9.81. The molecule has 14 heteroatoms. The summed E-state index contributed by atoms with van der Waals surface area (Å²) in [6.45, 7) is 4.89. The molecule has 37 heavy (non-hydrogen) atoms. The summed E-state index contributed by atoms with van der Waals surface area (Å²) in [5, 5.41) is 37.1. The molecule has 6 aliphatic heterocycles. The van der Waals surface area contributed by atoms with Crippen LogP contribution in [0.4, 0.5) is 0 Å². The number of hydrogen-bond acceptors (Lipinski definition) is 12. The molecule has 4 N–H and O–H groups in total. The molecule has 0 spiro atoms. The lowest BCUT2D eigenvalue weighted by molar-refractivity contribution is -0.194. The van der Waals surface area contributed by atoms with Crippen molar-refractivity contribution in [2.45, 2.75) is 85.4 Å². The maximum absolute atomic E-state index is 9.68. The highest BCUT2D eigenvalue weighted by atomic mass is 16.7. The Morgan fingerprint density at radius 1 is 0.892 bits per heavy atom. The first-order valence-electron chi connectivity index (χ1n) is 12.5. The molecule has 13 atom stereocenters. The highest BCUT2D eigenvalue weighted by Gasteiger charge is 2.64. The zero-order chi connectivity index (χ0) is 27.2. The first-order chi connectivity index (χ1) is 17.5. The van der Waals surface area contributed by atoms with Crippen LogP contribution in [0.5, 0.6) is 0 Å². The van der Waals surface area contributed by atoms with Gasteiger partial charge in [0.15, 0.2) is 0 Å². The van der Waals surface area contributed by atoms with Crippen LogP contribution in [0.15, 0.2) is 0 Å². The van der Waals surface area contributed by atoms with Crippen molar-refractivity contribution in [3.8, 4) is 0 Å². The van der Waals surface area contributed by atoms with Gasteiger partial charge in [0, 0.05) is 32.1 Å². The standard InChI is InChI=1S/C10H18O4.C7H11BO4.C6H9BO4/c1-6-8-9(12-4)10(14-6,5-11-3)7(2)13-8;8-6-4-1-11-3-7(2-9,12-6)5(4)10;7-5-3-4(9)6(1-8,11-5)2-10-3/h6-9H,5H2,1-4H3;4-6,9-10H,1-3H2;3-5,8-9H,1-2H2/t6-,7?,8-,9-,10-;4-,5+,6?,7-;3-,4+,5?,6?/m000/s1. The largest absolute Gasteiger partial charge is 0.393 e. The van der Waals surface area contributed by atoms with Crippen LogP contribution in [-0.2, 0) is 37.9 Å². The Bertz CT molecular complexity index is 782. The van der Waals surface area contributed by atoms with Crippen LogP contribution in [0.2, 0.25) is 0 Å². The fourth-order valence-electron chi connectivity index (χ4n) is 6.11. The quantitative estimate of drug-likeness (QED) is 0.267. The first-order valence-corrected chi connectivity index (χ1v) is 12.5. The normalized spacial score (nSPS) is 53.0. The van der Waals surface area contributed by atoms with Crippen molar-refractivity contribution in [3.05, 3.63) is 0 Å². The third-order valence-electron chi connectivity index (χ3n) is 8.32. The fraction of sp³-hybridized carbons (Fsp3) is 1.00. The zero-order valence-electron chi connectivity index (χ0n) is 21.7. The molecule has 6 bridgehead atoms. The number of methoxy groups -OCH3 is 2. The highest BCUT2D eigenvalue weighted by Crippen LogP contribution is 2.45. The van der Waals surface area contributed by atoms with Crippen LogP contribution in [0.25, 0.3) is 0 Å². The van der Waals surface area contributed by atoms with Gasteiger partial charge in [-0.3, -0.25) is 0 Å². The zero-order valence-corrected chi connectivity index (χ0v) is 21.7. The summed E-state index contributed by atoms with van der Waals surface area (Å²) < 4.78 is 43.1. The molecule has 4 unspecified atom stereocenters. The molecule has 0 aromatic rings. The second-order valence-electron chi connectivity index (χ2n) is 10.6. The van der Waals surface area contributed by atoms with Gasteiger partial charge in [-0.2, -0.15) is 0 Å². The van der Waals surface area contributed by atoms with Gasteiger partial charge in [-0.1, -0.05) is 0 Å². The second-order valence-corrected chi connectivity index (χ2v) is 10.6. The van der Waals surface area contributed by atoms with Gasteiger partial charge >= 0.3 is 0 Å². The minimum atomic E-state index is -0.970. The molecule has 208 valence electrons. The van der Waals surface area contributed by atoms with Crippen LogP contribution in [0.1, 0.15) is 13.8 Å². The summed E-state index contributed by atoms with van der Waals surface area (Å²) in [6.07, 6.45) is -1.80. The van der Waals surface area contributed by atoms with E-state index in [2.05, 4.69) is 0 Å². The monoisotopic (exact) mass is 528 g/mol. The molecule has 6 heterocycles. The maximum Gasteiger partial charge on any atom is 0.146 e. The maximum atomic E-state index is 9.68. The molecule has 6 saturated heterocycles. The molecule has 6 fully saturated rings. The third-order valence-corrected chi connectivity index (χ3v) is 8.32. The molecular formula is C23H38B2O12. The summed E-state index contributed by atoms with van der Waals surface area (Å²) in [4.78, 5) is 0. The Balaban J connectivity index is 0.000000131. The van der Waals surface area contributed by atoms with E-state index in [1.165, 1.54) is 0 Å². The van der Waals surface area contributed by atoms with Gasteiger partial charge < -0.3 is 58.3 Å². The summed E-state index contributed by atoms with van der Waals surface area (Å²) >= 11 is 0. The Hall–Kier alpha value is -0.350. The molecule has 6 aliphatic rings. The molecule has 0 aromatic heterocycles. The number of hydrogen-bond donors (Lipinski definition) is 4. The van der Waals surface area contributed by atoms with E-state index in [0.717, 1.165) is 0 Å². The van der Waals surface area contributed by atoms with Gasteiger partial charge in [0.25, 0.3) is 0 Å². The molecule has 0 aliphatic carbocycles. The number of aliphatic hydroxyl groups is 4. The van der Waals surface area contributed by atoms with Crippen LogP contribution in [0.3, 0.4) is 0 Å². The lowest BCUT2D eigenvalue weighted by Crippen LogP contribution is -2.52. The van der Waals surface area contributed by atoms with Crippen molar-refractivity contribution < 1.29 is 58.3 Å². The molecule has 0 aromatic carbocycles. The van der Waals surface area contributed by atoms with E-state index in [1.807, 2.05) is 13.8 Å². The SMILES string of the molecule is COC[C@]12O[C@@H](C)[C@H](OC1C)[C@@H]2OC.[B]C1OC2(CO)CO[C@H]1[C@H]2O.[B]C1O[C@@]2(CO)COC[C@H]1[C@H]2O. The number of rotatable bonds is 5. The van der Waals surface area contributed by atoms with Crippen molar-refractivity contribution in [1.82, 2.24) is 0 Å². The van der Waals surface area contributed by atoms with Crippen molar-refractivity contribution in [1.29, 1.82) is 0 Å². The number of aliphatic hydroxyl groups excluding tert-OH is 4. The number of ether oxygens (including phenoxy) is 8. The van der Waals surface area contributed by atoms with Gasteiger partial charge in [-0.05, 0) is 13.8 Å². The van der Waals surface area contributed by atoms with E-state index in [9.17, 15) is 10.2 Å². The second kappa shape index (κ2) is 11.3. The van der Waals surface area contributed by atoms with Crippen LogP contribution in [0, 0.1) is 5.92 Å². The average molecular weight is 528 g/mol. The molecule has 6 rings (SSSR count). The molecule has 12 nitrogen and oxygen atoms in total. The Labute approximate surface area is 219 Å². The van der Waals surface area contributed by atoms with Gasteiger partial charge in [-0.15, -0.1) is 0 Å². The third kappa shape index (κ3) is 4.81.